The molecule has 2 amide bonds. The number of aromatic nitrogens is 4. The number of hydrogen-bond acceptors (Lipinski definition) is 11. The molecular formula is C19H18FN8O5S3+. The number of carbonyl (C=O) groups excluding carboxylic acids is 2. The number of nitrogens with zero attached hydrogens (tertiary/aromatic N) is 6. The number of halogens is 1. The first-order valence-electron chi connectivity index (χ1n) is 10.3. The Morgan fingerprint density at radius 3 is 2.94 bits per heavy atom. The number of hydrogen-bond donors (Lipinski definition) is 3. The molecule has 0 saturated carbocycles. The summed E-state index contributed by atoms with van der Waals surface area (Å²) in [5.74, 6) is -2.31. The summed E-state index contributed by atoms with van der Waals surface area (Å²) in [5, 5.41) is 17.4. The fraction of sp³-hybridized carbons (Fsp3) is 0.316. The average Bonchev–Trinajstić information content (AvgIpc) is 3.56. The van der Waals surface area contributed by atoms with Crippen molar-refractivity contribution in [1.82, 2.24) is 24.0 Å². The first-order valence-corrected chi connectivity index (χ1v) is 13.0. The van der Waals surface area contributed by atoms with Crippen molar-refractivity contribution in [3.05, 3.63) is 40.7 Å². The second-order valence-electron chi connectivity index (χ2n) is 7.68. The topological polar surface area (TPSA) is 168 Å². The van der Waals surface area contributed by atoms with Crippen LogP contribution >= 0.6 is 34.6 Å². The van der Waals surface area contributed by atoms with E-state index in [-0.39, 0.29) is 28.9 Å². The first kappa shape index (κ1) is 24.1. The van der Waals surface area contributed by atoms with Crippen molar-refractivity contribution in [2.75, 3.05) is 18.6 Å². The van der Waals surface area contributed by atoms with Crippen LogP contribution in [0, 0.1) is 0 Å². The number of anilines is 1. The molecule has 3 aromatic rings. The second-order valence-corrected chi connectivity index (χ2v) is 10.5. The van der Waals surface area contributed by atoms with Crippen molar-refractivity contribution >= 4 is 68.1 Å². The van der Waals surface area contributed by atoms with Gasteiger partial charge in [-0.25, -0.2) is 13.8 Å². The molecule has 0 unspecified atom stereocenters. The molecule has 13 nitrogen and oxygen atoms in total. The van der Waals surface area contributed by atoms with Crippen molar-refractivity contribution in [2.24, 2.45) is 5.16 Å². The van der Waals surface area contributed by atoms with E-state index in [0.29, 0.717) is 17.0 Å². The maximum Gasteiger partial charge on any atom is 0.352 e. The number of carbonyl (C=O) groups is 3. The third kappa shape index (κ3) is 4.07. The minimum Gasteiger partial charge on any atom is -0.477 e. The van der Waals surface area contributed by atoms with Crippen molar-refractivity contribution < 1.29 is 33.3 Å². The number of alkyl halides is 1. The molecule has 36 heavy (non-hydrogen) atoms. The Kier molecular flexibility index (Phi) is 6.35. The third-order valence-electron chi connectivity index (χ3n) is 5.50. The number of nitrogens with two attached hydrogens (primary N) is 1. The molecule has 2 aliphatic heterocycles. The van der Waals surface area contributed by atoms with Gasteiger partial charge in [0.2, 0.25) is 22.7 Å². The van der Waals surface area contributed by atoms with Gasteiger partial charge in [-0.2, -0.15) is 13.8 Å². The van der Waals surface area contributed by atoms with Gasteiger partial charge in [-0.05, 0) is 0 Å². The normalized spacial score (nSPS) is 19.9. The van der Waals surface area contributed by atoms with E-state index in [2.05, 4.69) is 19.8 Å². The van der Waals surface area contributed by atoms with Gasteiger partial charge >= 0.3 is 5.97 Å². The third-order valence-corrected chi connectivity index (χ3v) is 8.32. The van der Waals surface area contributed by atoms with E-state index in [4.69, 9.17) is 10.6 Å². The largest absolute Gasteiger partial charge is 0.477 e. The number of rotatable bonds is 8. The molecule has 4 N–H and O–H groups in total. The van der Waals surface area contributed by atoms with Gasteiger partial charge in [0.25, 0.3) is 11.8 Å². The Morgan fingerprint density at radius 1 is 1.47 bits per heavy atom. The Morgan fingerprint density at radius 2 is 2.28 bits per heavy atom. The van der Waals surface area contributed by atoms with Crippen LogP contribution in [-0.2, 0) is 32.4 Å². The molecule has 1 fully saturated rings. The van der Waals surface area contributed by atoms with Crippen molar-refractivity contribution in [2.45, 2.75) is 24.6 Å². The number of imidazole rings is 1. The van der Waals surface area contributed by atoms with E-state index in [1.807, 2.05) is 0 Å². The Labute approximate surface area is 214 Å². The molecular weight excluding hydrogens is 535 g/mol. The average molecular weight is 554 g/mol. The maximum atomic E-state index is 13.2. The quantitative estimate of drug-likeness (QED) is 0.150. The molecule has 0 aliphatic carbocycles. The molecule has 0 bridgehead atoms. The Hall–Kier alpha value is -3.57. The summed E-state index contributed by atoms with van der Waals surface area (Å²) < 4.78 is 20.6. The molecule has 3 aromatic heterocycles. The lowest BCUT2D eigenvalue weighted by Crippen LogP contribution is -2.71. The van der Waals surface area contributed by atoms with E-state index in [0.717, 1.165) is 16.4 Å². The van der Waals surface area contributed by atoms with Crippen LogP contribution in [-0.4, -0.2) is 71.5 Å². The van der Waals surface area contributed by atoms with Gasteiger partial charge in [-0.1, -0.05) is 16.5 Å². The molecule has 0 radical (unpaired) electrons. The lowest BCUT2D eigenvalue weighted by atomic mass is 10.0. The minimum absolute atomic E-state index is 0.0504. The number of carboxylic acid groups (broad SMARTS) is 1. The number of nitrogens with one attached hydrogen (secondary N) is 1. The van der Waals surface area contributed by atoms with Gasteiger partial charge in [0, 0.05) is 28.2 Å². The van der Waals surface area contributed by atoms with Gasteiger partial charge < -0.3 is 21.0 Å². The zero-order valence-corrected chi connectivity index (χ0v) is 20.9. The fourth-order valence-corrected chi connectivity index (χ4v) is 6.63. The van der Waals surface area contributed by atoms with Crippen molar-refractivity contribution in [3.8, 4) is 0 Å². The highest BCUT2D eigenvalue weighted by atomic mass is 32.2. The highest BCUT2D eigenvalue weighted by Gasteiger charge is 2.54. The SMILES string of the molecule is CO/N=C(\C(=O)N[C@@H]1C(=O)N2C(C(=O)O)=C(C[n+]3cc4scc(CF)n4c3)CS[C@H]12)c1nsc(N)n1. The lowest BCUT2D eigenvalue weighted by molar-refractivity contribution is -0.687. The predicted molar refractivity (Wildman–Crippen MR) is 128 cm³/mol. The van der Waals surface area contributed by atoms with Crippen molar-refractivity contribution in [3.63, 3.8) is 0 Å². The van der Waals surface area contributed by atoms with Gasteiger partial charge in [0.1, 0.15) is 37.0 Å². The van der Waals surface area contributed by atoms with Crippen LogP contribution in [0.5, 0.6) is 0 Å². The zero-order valence-electron chi connectivity index (χ0n) is 18.5. The fourth-order valence-electron chi connectivity index (χ4n) is 3.95. The highest BCUT2D eigenvalue weighted by molar-refractivity contribution is 8.00. The summed E-state index contributed by atoms with van der Waals surface area (Å²) >= 11 is 3.58. The van der Waals surface area contributed by atoms with Crippen LogP contribution in [0.15, 0.2) is 34.3 Å². The molecule has 0 aromatic carbocycles. The number of thiazole rings is 1. The highest BCUT2D eigenvalue weighted by Crippen LogP contribution is 2.40. The molecule has 5 rings (SSSR count). The second kappa shape index (κ2) is 9.47. The summed E-state index contributed by atoms with van der Waals surface area (Å²) in [7, 11) is 1.24. The van der Waals surface area contributed by atoms with E-state index in [1.54, 1.807) is 26.9 Å². The molecule has 188 valence electrons. The van der Waals surface area contributed by atoms with E-state index in [1.165, 1.54) is 35.1 Å². The summed E-state index contributed by atoms with van der Waals surface area (Å²) in [6, 6.07) is -0.976. The van der Waals surface area contributed by atoms with Gasteiger partial charge in [-0.15, -0.1) is 11.8 Å². The minimum atomic E-state index is -1.25. The molecule has 0 spiro atoms. The predicted octanol–water partition coefficient (Wildman–Crippen LogP) is -0.0192. The molecule has 5 heterocycles. The summed E-state index contributed by atoms with van der Waals surface area (Å²) in [6.45, 7) is -0.406. The first-order chi connectivity index (χ1) is 17.3. The molecule has 2 aliphatic rings. The van der Waals surface area contributed by atoms with Gasteiger partial charge in [0.05, 0.1) is 0 Å². The number of thioether (sulfide) groups is 1. The summed E-state index contributed by atoms with van der Waals surface area (Å²) in [6.07, 6.45) is 3.49. The monoisotopic (exact) mass is 553 g/mol. The standard InChI is InChI=1S/C19H17FN8O5S3/c1-33-24-11(14-23-19(21)36-25-14)15(29)22-12-16(30)28-13(18(31)32)8(5-35-17(12)28)3-26-4-10-27(7-26)9(2-20)6-34-10/h4,6-7,12,17H,2-3,5H2,1H3,(H3-,21,22,23,25,29,31,32)/p+1/b24-11-/t12-,17-/m1/s1. The number of oxime groups is 1. The number of carboxylic acids is 1. The van der Waals surface area contributed by atoms with Gasteiger partial charge in [0.15, 0.2) is 17.5 Å². The Bertz CT molecular complexity index is 1450. The lowest BCUT2D eigenvalue weighted by Gasteiger charge is -2.49. The number of amides is 2. The smallest absolute Gasteiger partial charge is 0.352 e. The van der Waals surface area contributed by atoms with E-state index < -0.39 is 35.9 Å². The summed E-state index contributed by atoms with van der Waals surface area (Å²) in [4.78, 5) is 48.6. The number of β-lactam (4-membered cyclic amide) rings is 1. The number of aliphatic carboxylic acids is 1. The Balaban J connectivity index is 1.35. The molecule has 1 saturated heterocycles. The number of fused-ring (bicyclic) bond motifs is 2. The van der Waals surface area contributed by atoms with Crippen LogP contribution in [0.2, 0.25) is 0 Å². The van der Waals surface area contributed by atoms with Crippen LogP contribution in [0.1, 0.15) is 11.5 Å². The van der Waals surface area contributed by atoms with Crippen LogP contribution < -0.4 is 15.6 Å². The molecule has 17 heteroatoms. The van der Waals surface area contributed by atoms with Crippen molar-refractivity contribution in [1.29, 1.82) is 0 Å². The molecule has 2 atom stereocenters. The van der Waals surface area contributed by atoms with Crippen LogP contribution in [0.25, 0.3) is 4.83 Å². The van der Waals surface area contributed by atoms with Crippen LogP contribution in [0.3, 0.4) is 0 Å². The maximum absolute atomic E-state index is 13.2. The number of nitrogen functional groups attached to an aromatic ring is 1. The zero-order chi connectivity index (χ0) is 25.6. The summed E-state index contributed by atoms with van der Waals surface area (Å²) in [5.41, 5.74) is 6.22. The van der Waals surface area contributed by atoms with E-state index >= 15 is 0 Å². The van der Waals surface area contributed by atoms with Crippen LogP contribution in [0.4, 0.5) is 9.52 Å². The van der Waals surface area contributed by atoms with Gasteiger partial charge in [-0.3, -0.25) is 14.5 Å². The van der Waals surface area contributed by atoms with E-state index in [9.17, 15) is 23.9 Å².